The van der Waals surface area contributed by atoms with Crippen molar-refractivity contribution < 1.29 is 9.59 Å². The molecular weight excluding hydrogens is 297 g/mol. The van der Waals surface area contributed by atoms with Gasteiger partial charge in [-0.2, -0.15) is 0 Å². The molecule has 1 heterocycles. The molecule has 2 aromatic carbocycles. The number of benzene rings is 2. The van der Waals surface area contributed by atoms with Crippen LogP contribution in [0.1, 0.15) is 15.9 Å². The Bertz CT molecular complexity index is 707. The molecule has 0 saturated heterocycles. The van der Waals surface area contributed by atoms with Crippen LogP contribution in [0, 0.1) is 0 Å². The Hall–Kier alpha value is -1.84. The van der Waals surface area contributed by atoms with Gasteiger partial charge in [0.05, 0.1) is 22.2 Å². The fraction of sp³-hybridized carbons (Fsp3) is 0.0667. The molecule has 0 bridgehead atoms. The van der Waals surface area contributed by atoms with Crippen LogP contribution < -0.4 is 4.90 Å². The first kappa shape index (κ1) is 13.2. The Labute approximate surface area is 125 Å². The molecule has 0 atom stereocenters. The predicted molar refractivity (Wildman–Crippen MR) is 78.4 cm³/mol. The maximum absolute atomic E-state index is 12.5. The number of hydrogen-bond donors (Lipinski definition) is 0. The largest absolute Gasteiger partial charge is 0.274 e. The van der Waals surface area contributed by atoms with Crippen molar-refractivity contribution in [2.75, 3.05) is 4.90 Å². The number of halogens is 2. The molecule has 0 aromatic heterocycles. The average molecular weight is 306 g/mol. The lowest BCUT2D eigenvalue weighted by molar-refractivity contribution is -0.117. The van der Waals surface area contributed by atoms with Gasteiger partial charge < -0.3 is 0 Å². The summed E-state index contributed by atoms with van der Waals surface area (Å²) in [7, 11) is 0. The van der Waals surface area contributed by atoms with Crippen molar-refractivity contribution in [3.8, 4) is 0 Å². The van der Waals surface area contributed by atoms with Gasteiger partial charge in [0.25, 0.3) is 5.91 Å². The summed E-state index contributed by atoms with van der Waals surface area (Å²) in [4.78, 5) is 25.8. The lowest BCUT2D eigenvalue weighted by Gasteiger charge is -2.28. The molecule has 20 heavy (non-hydrogen) atoms. The van der Waals surface area contributed by atoms with E-state index in [2.05, 4.69) is 0 Å². The zero-order valence-electron chi connectivity index (χ0n) is 10.3. The van der Waals surface area contributed by atoms with Gasteiger partial charge >= 0.3 is 0 Å². The van der Waals surface area contributed by atoms with Crippen LogP contribution in [0.4, 0.5) is 5.69 Å². The Balaban J connectivity index is 2.17. The van der Waals surface area contributed by atoms with Crippen LogP contribution in [0.15, 0.2) is 42.5 Å². The zero-order valence-corrected chi connectivity index (χ0v) is 11.8. The van der Waals surface area contributed by atoms with Crippen LogP contribution in [-0.2, 0) is 11.2 Å². The van der Waals surface area contributed by atoms with E-state index in [1.165, 1.54) is 0 Å². The van der Waals surface area contributed by atoms with E-state index >= 15 is 0 Å². The van der Waals surface area contributed by atoms with Gasteiger partial charge in [0, 0.05) is 5.56 Å². The van der Waals surface area contributed by atoms with Crippen LogP contribution in [0.5, 0.6) is 0 Å². The molecule has 2 aromatic rings. The summed E-state index contributed by atoms with van der Waals surface area (Å²) in [5, 5.41) is 0.553. The average Bonchev–Trinajstić information content (AvgIpc) is 2.42. The number of imide groups is 1. The molecule has 3 nitrogen and oxygen atoms in total. The SMILES string of the molecule is O=C1Cc2ccccc2C(=O)N1c1c(Cl)cccc1Cl. The number of anilines is 1. The van der Waals surface area contributed by atoms with Crippen molar-refractivity contribution in [3.05, 3.63) is 63.6 Å². The highest BCUT2D eigenvalue weighted by Crippen LogP contribution is 2.36. The molecule has 0 saturated carbocycles. The molecule has 0 aliphatic carbocycles. The van der Waals surface area contributed by atoms with Crippen LogP contribution in [-0.4, -0.2) is 11.8 Å². The van der Waals surface area contributed by atoms with Gasteiger partial charge in [-0.15, -0.1) is 0 Å². The summed E-state index contributed by atoms with van der Waals surface area (Å²) in [6.45, 7) is 0. The Kier molecular flexibility index (Phi) is 3.24. The standard InChI is InChI=1S/C15H9Cl2NO2/c16-11-6-3-7-12(17)14(11)18-13(19)8-9-4-1-2-5-10(9)15(18)20/h1-7H,8H2. The first-order valence-electron chi connectivity index (χ1n) is 5.99. The number of carbonyl (C=O) groups is 2. The van der Waals surface area contributed by atoms with Gasteiger partial charge in [0.15, 0.2) is 0 Å². The van der Waals surface area contributed by atoms with E-state index < -0.39 is 5.91 Å². The number of nitrogens with zero attached hydrogens (tertiary/aromatic N) is 1. The van der Waals surface area contributed by atoms with Gasteiger partial charge in [-0.25, -0.2) is 4.90 Å². The second kappa shape index (κ2) is 4.93. The molecule has 3 rings (SSSR count). The maximum Gasteiger partial charge on any atom is 0.265 e. The summed E-state index contributed by atoms with van der Waals surface area (Å²) in [6.07, 6.45) is 0.156. The Morgan fingerprint density at radius 1 is 0.900 bits per heavy atom. The minimum atomic E-state index is -0.396. The van der Waals surface area contributed by atoms with E-state index in [0.29, 0.717) is 5.56 Å². The lowest BCUT2D eigenvalue weighted by atomic mass is 9.98. The lowest BCUT2D eigenvalue weighted by Crippen LogP contribution is -2.42. The third-order valence-corrected chi connectivity index (χ3v) is 3.81. The van der Waals surface area contributed by atoms with E-state index in [4.69, 9.17) is 23.2 Å². The topological polar surface area (TPSA) is 37.4 Å². The van der Waals surface area contributed by atoms with Gasteiger partial charge in [0.2, 0.25) is 5.91 Å². The Morgan fingerprint density at radius 2 is 1.55 bits per heavy atom. The van der Waals surface area contributed by atoms with Crippen molar-refractivity contribution in [3.63, 3.8) is 0 Å². The van der Waals surface area contributed by atoms with Crippen LogP contribution in [0.3, 0.4) is 0 Å². The van der Waals surface area contributed by atoms with Crippen molar-refractivity contribution in [1.82, 2.24) is 0 Å². The summed E-state index contributed by atoms with van der Waals surface area (Å²) in [5.41, 5.74) is 1.48. The van der Waals surface area contributed by atoms with E-state index in [1.54, 1.807) is 42.5 Å². The van der Waals surface area contributed by atoms with Crippen LogP contribution in [0.25, 0.3) is 0 Å². The van der Waals surface area contributed by atoms with Gasteiger partial charge in [0.1, 0.15) is 0 Å². The fourth-order valence-electron chi connectivity index (χ4n) is 2.29. The number of rotatable bonds is 1. The minimum absolute atomic E-state index is 0.156. The summed E-state index contributed by atoms with van der Waals surface area (Å²) in [5.74, 6) is -0.726. The number of hydrogen-bond acceptors (Lipinski definition) is 2. The third kappa shape index (κ3) is 1.99. The fourth-order valence-corrected chi connectivity index (χ4v) is 2.85. The van der Waals surface area contributed by atoms with Crippen LogP contribution in [0.2, 0.25) is 10.0 Å². The highest BCUT2D eigenvalue weighted by atomic mass is 35.5. The number of para-hydroxylation sites is 1. The molecule has 0 radical (unpaired) electrons. The second-order valence-electron chi connectivity index (χ2n) is 4.44. The van der Waals surface area contributed by atoms with Gasteiger partial charge in [-0.05, 0) is 23.8 Å². The molecule has 0 spiro atoms. The molecule has 0 fully saturated rings. The highest BCUT2D eigenvalue weighted by molar-refractivity contribution is 6.42. The minimum Gasteiger partial charge on any atom is -0.274 e. The highest BCUT2D eigenvalue weighted by Gasteiger charge is 2.34. The van der Waals surface area contributed by atoms with Crippen molar-refractivity contribution in [2.24, 2.45) is 0 Å². The molecule has 1 aliphatic rings. The van der Waals surface area contributed by atoms with Crippen molar-refractivity contribution in [2.45, 2.75) is 6.42 Å². The predicted octanol–water partition coefficient (Wildman–Crippen LogP) is 3.72. The zero-order chi connectivity index (χ0) is 14.3. The maximum atomic E-state index is 12.5. The van der Waals surface area contributed by atoms with Crippen molar-refractivity contribution in [1.29, 1.82) is 0 Å². The normalized spacial score (nSPS) is 14.4. The summed E-state index contributed by atoms with van der Waals surface area (Å²) < 4.78 is 0. The van der Waals surface area contributed by atoms with E-state index in [0.717, 1.165) is 10.5 Å². The molecule has 5 heteroatoms. The van der Waals surface area contributed by atoms with Gasteiger partial charge in [-0.1, -0.05) is 47.5 Å². The molecule has 1 aliphatic heterocycles. The van der Waals surface area contributed by atoms with E-state index in [1.807, 2.05) is 0 Å². The Morgan fingerprint density at radius 3 is 2.25 bits per heavy atom. The summed E-state index contributed by atoms with van der Waals surface area (Å²) in [6, 6.07) is 11.9. The van der Waals surface area contributed by atoms with Gasteiger partial charge in [-0.3, -0.25) is 9.59 Å². The van der Waals surface area contributed by atoms with Crippen molar-refractivity contribution >= 4 is 40.7 Å². The molecule has 0 unspecified atom stereocenters. The summed E-state index contributed by atoms with van der Waals surface area (Å²) >= 11 is 12.2. The first-order valence-corrected chi connectivity index (χ1v) is 6.74. The number of amides is 2. The second-order valence-corrected chi connectivity index (χ2v) is 5.25. The number of fused-ring (bicyclic) bond motifs is 1. The number of carbonyl (C=O) groups excluding carboxylic acids is 2. The molecule has 2 amide bonds. The molecular formula is C15H9Cl2NO2. The molecule has 100 valence electrons. The third-order valence-electron chi connectivity index (χ3n) is 3.20. The van der Waals surface area contributed by atoms with Crippen LogP contribution >= 0.6 is 23.2 Å². The first-order chi connectivity index (χ1) is 9.59. The quantitative estimate of drug-likeness (QED) is 0.753. The van der Waals surface area contributed by atoms with E-state index in [9.17, 15) is 9.59 Å². The van der Waals surface area contributed by atoms with E-state index in [-0.39, 0.29) is 28.1 Å². The monoisotopic (exact) mass is 305 g/mol. The smallest absolute Gasteiger partial charge is 0.265 e. The molecule has 0 N–H and O–H groups in total.